The number of halogens is 2. The van der Waals surface area contributed by atoms with Crippen molar-refractivity contribution in [3.05, 3.63) is 34.5 Å². The highest BCUT2D eigenvalue weighted by Gasteiger charge is 2.28. The number of hydrogen-bond donors (Lipinski definition) is 0. The molecule has 2 aromatic rings. The van der Waals surface area contributed by atoms with Gasteiger partial charge in [-0.3, -0.25) is 4.68 Å². The lowest BCUT2D eigenvalue weighted by Gasteiger charge is -2.28. The Kier molecular flexibility index (Phi) is 5.61. The summed E-state index contributed by atoms with van der Waals surface area (Å²) in [4.78, 5) is 17.7. The fraction of sp³-hybridized carbons (Fsp3) is 0.500. The maximum absolute atomic E-state index is 14.6. The highest BCUT2D eigenvalue weighted by molar-refractivity contribution is 6.29. The SMILES string of the molecule is Cc1cc(-c2nn(C)cc2C(C)N(C)C(=O)OC(C)(C)C)c(F)c(Cl)n1. The second-order valence-corrected chi connectivity index (χ2v) is 7.65. The monoisotopic (exact) mass is 382 g/mol. The second kappa shape index (κ2) is 7.23. The topological polar surface area (TPSA) is 60.2 Å². The summed E-state index contributed by atoms with van der Waals surface area (Å²) in [5, 5.41) is 4.17. The van der Waals surface area contributed by atoms with Crippen LogP contribution in [0.3, 0.4) is 0 Å². The highest BCUT2D eigenvalue weighted by atomic mass is 35.5. The molecule has 1 atom stereocenters. The number of carbonyl (C=O) groups is 1. The van der Waals surface area contributed by atoms with Gasteiger partial charge in [0.25, 0.3) is 0 Å². The summed E-state index contributed by atoms with van der Waals surface area (Å²) in [5.41, 5.74) is 1.32. The predicted octanol–water partition coefficient (Wildman–Crippen LogP) is 4.51. The van der Waals surface area contributed by atoms with Crippen molar-refractivity contribution in [2.45, 2.75) is 46.3 Å². The number of pyridine rings is 1. The maximum atomic E-state index is 14.6. The quantitative estimate of drug-likeness (QED) is 0.733. The van der Waals surface area contributed by atoms with Crippen molar-refractivity contribution in [1.29, 1.82) is 0 Å². The van der Waals surface area contributed by atoms with Gasteiger partial charge in [0.05, 0.1) is 6.04 Å². The Balaban J connectivity index is 2.45. The van der Waals surface area contributed by atoms with E-state index in [2.05, 4.69) is 10.1 Å². The minimum Gasteiger partial charge on any atom is -0.444 e. The van der Waals surface area contributed by atoms with Crippen LogP contribution < -0.4 is 0 Å². The molecule has 0 N–H and O–H groups in total. The summed E-state index contributed by atoms with van der Waals surface area (Å²) < 4.78 is 21.5. The molecule has 0 aliphatic carbocycles. The lowest BCUT2D eigenvalue weighted by Crippen LogP contribution is -2.35. The van der Waals surface area contributed by atoms with Crippen molar-refractivity contribution in [3.63, 3.8) is 0 Å². The number of aryl methyl sites for hydroxylation is 2. The van der Waals surface area contributed by atoms with Crippen LogP contribution in [0.5, 0.6) is 0 Å². The van der Waals surface area contributed by atoms with Crippen molar-refractivity contribution >= 4 is 17.7 Å². The van der Waals surface area contributed by atoms with E-state index in [0.717, 1.165) is 0 Å². The van der Waals surface area contributed by atoms with E-state index in [1.807, 2.05) is 6.92 Å². The molecule has 0 aliphatic rings. The summed E-state index contributed by atoms with van der Waals surface area (Å²) in [6.45, 7) is 8.97. The van der Waals surface area contributed by atoms with Crippen molar-refractivity contribution in [2.24, 2.45) is 7.05 Å². The van der Waals surface area contributed by atoms with Gasteiger partial charge in [-0.1, -0.05) is 11.6 Å². The first-order valence-electron chi connectivity index (χ1n) is 8.23. The van der Waals surface area contributed by atoms with Crippen molar-refractivity contribution < 1.29 is 13.9 Å². The standard InChI is InChI=1S/C18H24ClFN4O2/c1-10-8-12(14(20)16(19)21-10)15-13(9-23(6)22-15)11(2)24(7)17(25)26-18(3,4)5/h8-9,11H,1-7H3. The molecule has 142 valence electrons. The van der Waals surface area contributed by atoms with Gasteiger partial charge < -0.3 is 9.64 Å². The molecule has 0 spiro atoms. The van der Waals surface area contributed by atoms with Crippen molar-refractivity contribution in [3.8, 4) is 11.3 Å². The number of nitrogens with zero attached hydrogens (tertiary/aromatic N) is 4. The van der Waals surface area contributed by atoms with E-state index in [-0.39, 0.29) is 16.8 Å². The van der Waals surface area contributed by atoms with Crippen LogP contribution in [0.1, 0.15) is 45.0 Å². The Hall–Kier alpha value is -2.15. The zero-order valence-electron chi connectivity index (χ0n) is 16.1. The molecular formula is C18H24ClFN4O2. The number of aromatic nitrogens is 3. The van der Waals surface area contributed by atoms with Crippen LogP contribution in [0.4, 0.5) is 9.18 Å². The number of rotatable bonds is 3. The van der Waals surface area contributed by atoms with Gasteiger partial charge in [0.1, 0.15) is 11.3 Å². The summed E-state index contributed by atoms with van der Waals surface area (Å²) in [7, 11) is 3.37. The molecule has 0 saturated carbocycles. The third-order valence-electron chi connectivity index (χ3n) is 3.87. The van der Waals surface area contributed by atoms with Crippen molar-refractivity contribution in [2.75, 3.05) is 7.05 Å². The third kappa shape index (κ3) is 4.33. The van der Waals surface area contributed by atoms with Gasteiger partial charge in [-0.25, -0.2) is 14.2 Å². The van der Waals surface area contributed by atoms with Crippen LogP contribution in [0.15, 0.2) is 12.3 Å². The first-order chi connectivity index (χ1) is 11.9. The molecular weight excluding hydrogens is 359 g/mol. The molecule has 2 rings (SSSR count). The van der Waals surface area contributed by atoms with E-state index in [1.54, 1.807) is 58.7 Å². The molecule has 26 heavy (non-hydrogen) atoms. The predicted molar refractivity (Wildman–Crippen MR) is 98.6 cm³/mol. The van der Waals surface area contributed by atoms with Gasteiger partial charge in [-0.05, 0) is 40.7 Å². The zero-order chi connectivity index (χ0) is 19.8. The van der Waals surface area contributed by atoms with Crippen LogP contribution >= 0.6 is 11.6 Å². The summed E-state index contributed by atoms with van der Waals surface area (Å²) >= 11 is 5.89. The van der Waals surface area contributed by atoms with Crippen LogP contribution in [0, 0.1) is 12.7 Å². The molecule has 0 saturated heterocycles. The summed E-state index contributed by atoms with van der Waals surface area (Å²) in [6, 6.07) is 1.20. The average molecular weight is 383 g/mol. The Morgan fingerprint density at radius 2 is 2.04 bits per heavy atom. The minimum absolute atomic E-state index is 0.204. The second-order valence-electron chi connectivity index (χ2n) is 7.29. The van der Waals surface area contributed by atoms with E-state index in [1.165, 1.54) is 4.90 Å². The Morgan fingerprint density at radius 3 is 2.62 bits per heavy atom. The first kappa shape index (κ1) is 20.2. The Labute approximate surface area is 157 Å². The van der Waals surface area contributed by atoms with Gasteiger partial charge in [-0.2, -0.15) is 5.10 Å². The fourth-order valence-corrected chi connectivity index (χ4v) is 2.75. The van der Waals surface area contributed by atoms with E-state index < -0.39 is 17.5 Å². The van der Waals surface area contributed by atoms with Gasteiger partial charge in [0, 0.05) is 37.1 Å². The van der Waals surface area contributed by atoms with E-state index in [9.17, 15) is 9.18 Å². The van der Waals surface area contributed by atoms with Crippen LogP contribution in [-0.4, -0.2) is 38.4 Å². The molecule has 0 radical (unpaired) electrons. The molecule has 1 amide bonds. The van der Waals surface area contributed by atoms with Gasteiger partial charge in [-0.15, -0.1) is 0 Å². The van der Waals surface area contributed by atoms with E-state index in [0.29, 0.717) is 17.0 Å². The minimum atomic E-state index is -0.635. The fourth-order valence-electron chi connectivity index (χ4n) is 2.51. The molecule has 1 unspecified atom stereocenters. The number of hydrogen-bond acceptors (Lipinski definition) is 4. The lowest BCUT2D eigenvalue weighted by molar-refractivity contribution is 0.0234. The molecule has 2 heterocycles. The first-order valence-corrected chi connectivity index (χ1v) is 8.61. The molecule has 0 fully saturated rings. The van der Waals surface area contributed by atoms with Crippen LogP contribution in [0.2, 0.25) is 5.15 Å². The molecule has 6 nitrogen and oxygen atoms in total. The number of carbonyl (C=O) groups excluding carboxylic acids is 1. The van der Waals surface area contributed by atoms with Gasteiger partial charge in [0.15, 0.2) is 11.0 Å². The largest absolute Gasteiger partial charge is 0.444 e. The summed E-state index contributed by atoms with van der Waals surface area (Å²) in [5.74, 6) is -0.635. The highest BCUT2D eigenvalue weighted by Crippen LogP contribution is 2.33. The van der Waals surface area contributed by atoms with Crippen LogP contribution in [0.25, 0.3) is 11.3 Å². The average Bonchev–Trinajstić information content (AvgIpc) is 2.89. The summed E-state index contributed by atoms with van der Waals surface area (Å²) in [6.07, 6.45) is 1.29. The number of amides is 1. The van der Waals surface area contributed by atoms with Crippen molar-refractivity contribution in [1.82, 2.24) is 19.7 Å². The molecule has 8 heteroatoms. The van der Waals surface area contributed by atoms with Gasteiger partial charge >= 0.3 is 6.09 Å². The smallest absolute Gasteiger partial charge is 0.410 e. The van der Waals surface area contributed by atoms with Gasteiger partial charge in [0.2, 0.25) is 0 Å². The normalized spacial score (nSPS) is 12.8. The van der Waals surface area contributed by atoms with E-state index in [4.69, 9.17) is 16.3 Å². The maximum Gasteiger partial charge on any atom is 0.410 e. The third-order valence-corrected chi connectivity index (χ3v) is 4.12. The van der Waals surface area contributed by atoms with E-state index >= 15 is 0 Å². The lowest BCUT2D eigenvalue weighted by atomic mass is 10.0. The molecule has 2 aromatic heterocycles. The van der Waals surface area contributed by atoms with Crippen LogP contribution in [-0.2, 0) is 11.8 Å². The molecule has 0 bridgehead atoms. The molecule has 0 aliphatic heterocycles. The molecule has 0 aromatic carbocycles. The Bertz CT molecular complexity index is 829. The number of ether oxygens (including phenoxy) is 1. The Morgan fingerprint density at radius 1 is 1.42 bits per heavy atom. The zero-order valence-corrected chi connectivity index (χ0v) is 16.8.